The highest BCUT2D eigenvalue weighted by molar-refractivity contribution is 6.08. The first-order valence-electron chi connectivity index (χ1n) is 14.0. The third-order valence-electron chi connectivity index (χ3n) is 8.01. The number of aromatic nitrogens is 1. The minimum Gasteiger partial charge on any atom is -0.497 e. The number of aryl methyl sites for hydroxylation is 1. The van der Waals surface area contributed by atoms with Crippen LogP contribution >= 0.6 is 0 Å². The van der Waals surface area contributed by atoms with Gasteiger partial charge in [-0.3, -0.25) is 9.69 Å². The smallest absolute Gasteiger partial charge is 0.256 e. The van der Waals surface area contributed by atoms with E-state index in [1.807, 2.05) is 29.2 Å². The van der Waals surface area contributed by atoms with Crippen molar-refractivity contribution in [3.05, 3.63) is 59.3 Å². The Balaban J connectivity index is 1.45. The van der Waals surface area contributed by atoms with Crippen LogP contribution in [-0.4, -0.2) is 91.8 Å². The van der Waals surface area contributed by atoms with E-state index in [9.17, 15) is 4.79 Å². The van der Waals surface area contributed by atoms with Crippen molar-refractivity contribution in [3.8, 4) is 11.5 Å². The Hall–Kier alpha value is -3.03. The van der Waals surface area contributed by atoms with Gasteiger partial charge in [-0.25, -0.2) is 0 Å². The number of nitrogens with zero attached hydrogens (tertiary/aromatic N) is 4. The predicted molar refractivity (Wildman–Crippen MR) is 155 cm³/mol. The first-order valence-corrected chi connectivity index (χ1v) is 14.0. The molecule has 1 fully saturated rings. The third kappa shape index (κ3) is 6.33. The molecule has 3 aromatic rings. The third-order valence-corrected chi connectivity index (χ3v) is 8.01. The SMILES string of the molecule is CCN(CC)CCCn1c(C)c(C(=O)N2CCN(CCc3cccc(OC)c3)CC2)c2cc(OC)ccc21. The Morgan fingerprint density at radius 1 is 0.921 bits per heavy atom. The number of rotatable bonds is 12. The number of carbonyl (C=O) groups is 1. The van der Waals surface area contributed by atoms with Gasteiger partial charge in [-0.15, -0.1) is 0 Å². The highest BCUT2D eigenvalue weighted by Crippen LogP contribution is 2.31. The first kappa shape index (κ1) is 28.0. The Labute approximate surface area is 227 Å². The summed E-state index contributed by atoms with van der Waals surface area (Å²) in [5, 5.41) is 0.996. The highest BCUT2D eigenvalue weighted by Gasteiger charge is 2.27. The molecule has 1 aliphatic heterocycles. The van der Waals surface area contributed by atoms with Crippen LogP contribution in [0.5, 0.6) is 11.5 Å². The van der Waals surface area contributed by atoms with Crippen molar-refractivity contribution in [2.75, 3.05) is 66.6 Å². The molecule has 1 aliphatic rings. The zero-order valence-corrected chi connectivity index (χ0v) is 23.8. The number of carbonyl (C=O) groups excluding carboxylic acids is 1. The fraction of sp³-hybridized carbons (Fsp3) is 0.516. The lowest BCUT2D eigenvalue weighted by Gasteiger charge is -2.35. The van der Waals surface area contributed by atoms with E-state index in [4.69, 9.17) is 9.47 Å². The van der Waals surface area contributed by atoms with E-state index in [2.05, 4.69) is 53.3 Å². The van der Waals surface area contributed by atoms with Crippen LogP contribution in [0.4, 0.5) is 0 Å². The molecule has 0 atom stereocenters. The van der Waals surface area contributed by atoms with E-state index in [1.54, 1.807) is 14.2 Å². The number of ether oxygens (including phenoxy) is 2. The van der Waals surface area contributed by atoms with E-state index in [-0.39, 0.29) is 5.91 Å². The lowest BCUT2D eigenvalue weighted by molar-refractivity contribution is 0.0639. The topological polar surface area (TPSA) is 50.2 Å². The minimum atomic E-state index is 0.135. The van der Waals surface area contributed by atoms with E-state index >= 15 is 0 Å². The van der Waals surface area contributed by atoms with Crippen LogP contribution in [0.25, 0.3) is 10.9 Å². The summed E-state index contributed by atoms with van der Waals surface area (Å²) >= 11 is 0. The van der Waals surface area contributed by atoms with Gasteiger partial charge in [-0.05, 0) is 75.3 Å². The zero-order valence-electron chi connectivity index (χ0n) is 23.8. The second kappa shape index (κ2) is 13.2. The van der Waals surface area contributed by atoms with E-state index in [0.717, 1.165) is 105 Å². The number of amides is 1. The van der Waals surface area contributed by atoms with Gasteiger partial charge >= 0.3 is 0 Å². The van der Waals surface area contributed by atoms with Gasteiger partial charge in [0.25, 0.3) is 5.91 Å². The Morgan fingerprint density at radius 3 is 2.32 bits per heavy atom. The highest BCUT2D eigenvalue weighted by atomic mass is 16.5. The molecule has 4 rings (SSSR count). The number of hydrogen-bond acceptors (Lipinski definition) is 5. The quantitative estimate of drug-likeness (QED) is 0.347. The van der Waals surface area contributed by atoms with Crippen molar-refractivity contribution in [1.82, 2.24) is 19.3 Å². The van der Waals surface area contributed by atoms with Gasteiger partial charge in [-0.1, -0.05) is 26.0 Å². The van der Waals surface area contributed by atoms with Crippen LogP contribution in [-0.2, 0) is 13.0 Å². The molecule has 0 bridgehead atoms. The molecule has 2 heterocycles. The molecule has 0 unspecified atom stereocenters. The van der Waals surface area contributed by atoms with Crippen molar-refractivity contribution in [2.45, 2.75) is 40.2 Å². The van der Waals surface area contributed by atoms with Crippen LogP contribution in [0.1, 0.15) is 41.9 Å². The fourth-order valence-electron chi connectivity index (χ4n) is 5.59. The maximum atomic E-state index is 13.9. The van der Waals surface area contributed by atoms with Crippen LogP contribution in [0.3, 0.4) is 0 Å². The van der Waals surface area contributed by atoms with Crippen molar-refractivity contribution < 1.29 is 14.3 Å². The second-order valence-corrected chi connectivity index (χ2v) is 10.1. The average molecular weight is 521 g/mol. The van der Waals surface area contributed by atoms with Crippen LogP contribution in [0, 0.1) is 6.92 Å². The molecule has 0 spiro atoms. The van der Waals surface area contributed by atoms with E-state index in [1.165, 1.54) is 5.56 Å². The molecular weight excluding hydrogens is 476 g/mol. The van der Waals surface area contributed by atoms with Crippen LogP contribution in [0.2, 0.25) is 0 Å². The molecular formula is C31H44N4O3. The molecule has 38 heavy (non-hydrogen) atoms. The van der Waals surface area contributed by atoms with E-state index < -0.39 is 0 Å². The van der Waals surface area contributed by atoms with Crippen molar-refractivity contribution >= 4 is 16.8 Å². The largest absolute Gasteiger partial charge is 0.497 e. The second-order valence-electron chi connectivity index (χ2n) is 10.1. The Bertz CT molecular complexity index is 1210. The first-order chi connectivity index (χ1) is 18.5. The monoisotopic (exact) mass is 520 g/mol. The maximum Gasteiger partial charge on any atom is 0.256 e. The summed E-state index contributed by atoms with van der Waals surface area (Å²) in [5.74, 6) is 1.82. The van der Waals surface area contributed by atoms with Crippen molar-refractivity contribution in [3.63, 3.8) is 0 Å². The fourth-order valence-corrected chi connectivity index (χ4v) is 5.59. The van der Waals surface area contributed by atoms with Crippen LogP contribution in [0.15, 0.2) is 42.5 Å². The summed E-state index contributed by atoms with van der Waals surface area (Å²) in [6, 6.07) is 14.4. The predicted octanol–water partition coefficient (Wildman–Crippen LogP) is 4.70. The molecule has 0 aliphatic carbocycles. The van der Waals surface area contributed by atoms with Crippen molar-refractivity contribution in [1.29, 1.82) is 0 Å². The number of methoxy groups -OCH3 is 2. The molecule has 7 heteroatoms. The molecule has 0 radical (unpaired) electrons. The van der Waals surface area contributed by atoms with E-state index in [0.29, 0.717) is 0 Å². The number of piperazine rings is 1. The lowest BCUT2D eigenvalue weighted by atomic mass is 10.1. The maximum absolute atomic E-state index is 13.9. The average Bonchev–Trinajstić information content (AvgIpc) is 3.24. The number of benzene rings is 2. The Kier molecular flexibility index (Phi) is 9.69. The molecule has 2 aromatic carbocycles. The summed E-state index contributed by atoms with van der Waals surface area (Å²) < 4.78 is 13.2. The van der Waals surface area contributed by atoms with Crippen molar-refractivity contribution in [2.24, 2.45) is 0 Å². The summed E-state index contributed by atoms with van der Waals surface area (Å²) in [4.78, 5) is 20.8. The van der Waals surface area contributed by atoms with Gasteiger partial charge in [0.1, 0.15) is 11.5 Å². The van der Waals surface area contributed by atoms with Gasteiger partial charge in [-0.2, -0.15) is 0 Å². The van der Waals surface area contributed by atoms with Gasteiger partial charge in [0.2, 0.25) is 0 Å². The normalized spacial score (nSPS) is 14.4. The number of fused-ring (bicyclic) bond motifs is 1. The number of hydrogen-bond donors (Lipinski definition) is 0. The zero-order chi connectivity index (χ0) is 27.1. The minimum absolute atomic E-state index is 0.135. The lowest BCUT2D eigenvalue weighted by Crippen LogP contribution is -2.49. The van der Waals surface area contributed by atoms with Gasteiger partial charge in [0.15, 0.2) is 0 Å². The summed E-state index contributed by atoms with van der Waals surface area (Å²) in [5.41, 5.74) is 4.27. The van der Waals surface area contributed by atoms with Crippen LogP contribution < -0.4 is 9.47 Å². The summed E-state index contributed by atoms with van der Waals surface area (Å²) in [7, 11) is 3.39. The molecule has 1 amide bonds. The summed E-state index contributed by atoms with van der Waals surface area (Å²) in [6.45, 7) is 14.9. The molecule has 1 saturated heterocycles. The molecule has 0 N–H and O–H groups in total. The Morgan fingerprint density at radius 2 is 1.63 bits per heavy atom. The van der Waals surface area contributed by atoms with Gasteiger partial charge in [0, 0.05) is 55.9 Å². The van der Waals surface area contributed by atoms with Gasteiger partial charge in [0.05, 0.1) is 19.8 Å². The standard InChI is InChI=1S/C31H44N4O3/c1-6-32(7-2)15-9-16-35-24(3)30(28-23-27(38-5)12-13-29(28)35)31(36)34-20-18-33(19-21-34)17-14-25-10-8-11-26(22-25)37-4/h8,10-13,22-23H,6-7,9,14-21H2,1-5H3. The van der Waals surface area contributed by atoms with Gasteiger partial charge < -0.3 is 23.8 Å². The molecule has 1 aromatic heterocycles. The molecule has 7 nitrogen and oxygen atoms in total. The summed E-state index contributed by atoms with van der Waals surface area (Å²) in [6.07, 6.45) is 2.03. The molecule has 206 valence electrons. The molecule has 0 saturated carbocycles.